The molecule has 0 rings (SSSR count). The highest BCUT2D eigenvalue weighted by Crippen LogP contribution is 2.16. The molecule has 36 valence electrons. The van der Waals surface area contributed by atoms with E-state index in [9.17, 15) is 8.78 Å². The van der Waals surface area contributed by atoms with Gasteiger partial charge >= 0.3 is 4.83 Å². The third kappa shape index (κ3) is 4.01. The minimum absolute atomic E-state index is 0.0208. The number of rotatable bonds is 1. The summed E-state index contributed by atoms with van der Waals surface area (Å²) in [4.78, 5) is -3.10. The van der Waals surface area contributed by atoms with Crippen LogP contribution in [0.15, 0.2) is 0 Å². The molecule has 0 heterocycles. The van der Waals surface area contributed by atoms with Crippen molar-refractivity contribution in [3.05, 3.63) is 0 Å². The lowest BCUT2D eigenvalue weighted by Gasteiger charge is -1.92. The first-order chi connectivity index (χ1) is 2.56. The molecular weight excluding hydrogens is 156 g/mol. The van der Waals surface area contributed by atoms with Gasteiger partial charge in [-0.15, -0.1) is 0 Å². The zero-order valence-corrected chi connectivity index (χ0v) is 4.30. The first kappa shape index (κ1) is 6.01. The van der Waals surface area contributed by atoms with Gasteiger partial charge in [0.1, 0.15) is 0 Å². The number of hydrogen-bond acceptors (Lipinski definition) is 1. The highest BCUT2D eigenvalue weighted by atomic mass is 79.9. The summed E-state index contributed by atoms with van der Waals surface area (Å²) in [6.07, 6.45) is 0.0208. The van der Waals surface area contributed by atoms with Crippen LogP contribution in [-0.4, -0.2) is 11.0 Å². The smallest absolute Gasteiger partial charge is 0.306 e. The van der Waals surface area contributed by atoms with Crippen molar-refractivity contribution in [2.45, 2.75) is 4.83 Å². The summed E-state index contributed by atoms with van der Waals surface area (Å²) in [6.45, 7) is 0. The maximum Gasteiger partial charge on any atom is 0.335 e. The highest BCUT2D eigenvalue weighted by Gasteiger charge is 2.17. The molecular formula is C2H2BrF2N. The van der Waals surface area contributed by atoms with Gasteiger partial charge in [0.05, 0.1) is 6.21 Å². The number of alkyl halides is 3. The van der Waals surface area contributed by atoms with E-state index in [1.165, 1.54) is 0 Å². The maximum atomic E-state index is 11.1. The van der Waals surface area contributed by atoms with Gasteiger partial charge in [0.25, 0.3) is 0 Å². The van der Waals surface area contributed by atoms with Gasteiger partial charge in [0.2, 0.25) is 0 Å². The van der Waals surface area contributed by atoms with Gasteiger partial charge in [-0.1, -0.05) is 0 Å². The lowest BCUT2D eigenvalue weighted by Crippen LogP contribution is -2.03. The predicted octanol–water partition coefficient (Wildman–Crippen LogP) is 1.62. The van der Waals surface area contributed by atoms with Crippen LogP contribution < -0.4 is 0 Å². The van der Waals surface area contributed by atoms with Crippen molar-refractivity contribution in [2.24, 2.45) is 0 Å². The molecule has 0 saturated heterocycles. The van der Waals surface area contributed by atoms with E-state index < -0.39 is 4.83 Å². The average Bonchev–Trinajstić information content (AvgIpc) is 1.35. The quantitative estimate of drug-likeness (QED) is 0.442. The Labute approximate surface area is 42.0 Å². The Kier molecular flexibility index (Phi) is 1.64. The molecule has 0 aromatic rings. The summed E-state index contributed by atoms with van der Waals surface area (Å²) < 4.78 is 22.2. The molecule has 0 amide bonds. The van der Waals surface area contributed by atoms with Crippen LogP contribution in [0.3, 0.4) is 0 Å². The van der Waals surface area contributed by atoms with Crippen LogP contribution in [0.2, 0.25) is 0 Å². The Bertz CT molecular complexity index is 57.1. The van der Waals surface area contributed by atoms with Crippen molar-refractivity contribution in [2.75, 3.05) is 0 Å². The van der Waals surface area contributed by atoms with Gasteiger partial charge in [0, 0.05) is 0 Å². The van der Waals surface area contributed by atoms with Crippen LogP contribution in [0, 0.1) is 5.41 Å². The first-order valence-corrected chi connectivity index (χ1v) is 1.94. The highest BCUT2D eigenvalue weighted by molar-refractivity contribution is 9.10. The number of hydrogen-bond donors (Lipinski definition) is 1. The van der Waals surface area contributed by atoms with E-state index in [-0.39, 0.29) is 6.21 Å². The molecule has 0 unspecified atom stereocenters. The Morgan fingerprint density at radius 2 is 1.83 bits per heavy atom. The molecule has 0 aliphatic carbocycles. The van der Waals surface area contributed by atoms with Gasteiger partial charge in [-0.2, -0.15) is 8.78 Å². The zero-order valence-electron chi connectivity index (χ0n) is 2.71. The SMILES string of the molecule is N=CC(F)(F)Br. The van der Waals surface area contributed by atoms with Crippen molar-refractivity contribution in [3.63, 3.8) is 0 Å². The van der Waals surface area contributed by atoms with Gasteiger partial charge in [0.15, 0.2) is 0 Å². The Morgan fingerprint density at radius 1 is 1.67 bits per heavy atom. The van der Waals surface area contributed by atoms with Crippen molar-refractivity contribution in [1.82, 2.24) is 0 Å². The van der Waals surface area contributed by atoms with Gasteiger partial charge in [-0.3, -0.25) is 0 Å². The number of nitrogens with one attached hydrogen (secondary N) is 1. The minimum atomic E-state index is -3.10. The molecule has 4 heteroatoms. The lowest BCUT2D eigenvalue weighted by molar-refractivity contribution is 0.198. The van der Waals surface area contributed by atoms with Gasteiger partial charge in [-0.25, -0.2) is 0 Å². The molecule has 0 fully saturated rings. The third-order valence-electron chi connectivity index (χ3n) is 0.164. The van der Waals surface area contributed by atoms with Crippen LogP contribution in [0.4, 0.5) is 8.78 Å². The predicted molar refractivity (Wildman–Crippen MR) is 22.7 cm³/mol. The normalized spacial score (nSPS) is 11.2. The fraction of sp³-hybridized carbons (Fsp3) is 0.500. The molecule has 0 aromatic carbocycles. The Morgan fingerprint density at radius 3 is 1.83 bits per heavy atom. The van der Waals surface area contributed by atoms with Crippen molar-refractivity contribution < 1.29 is 8.78 Å². The van der Waals surface area contributed by atoms with Crippen molar-refractivity contribution in [1.29, 1.82) is 5.41 Å². The third-order valence-corrected chi connectivity index (χ3v) is 0.393. The summed E-state index contributed by atoms with van der Waals surface area (Å²) in [5.74, 6) is 0. The van der Waals surface area contributed by atoms with Gasteiger partial charge < -0.3 is 5.41 Å². The summed E-state index contributed by atoms with van der Waals surface area (Å²) in [5.41, 5.74) is 0. The largest absolute Gasteiger partial charge is 0.335 e. The van der Waals surface area contributed by atoms with E-state index in [0.717, 1.165) is 0 Å². The van der Waals surface area contributed by atoms with Crippen LogP contribution >= 0.6 is 15.9 Å². The molecule has 0 aliphatic rings. The first-order valence-electron chi connectivity index (χ1n) is 1.14. The molecule has 0 aromatic heterocycles. The van der Waals surface area contributed by atoms with Crippen LogP contribution in [0.25, 0.3) is 0 Å². The minimum Gasteiger partial charge on any atom is -0.306 e. The lowest BCUT2D eigenvalue weighted by atomic mass is 10.8. The number of halogens is 3. The Balaban J connectivity index is 3.45. The van der Waals surface area contributed by atoms with Crippen molar-refractivity contribution >= 4 is 22.1 Å². The second kappa shape index (κ2) is 1.64. The van der Waals surface area contributed by atoms with E-state index in [0.29, 0.717) is 0 Å². The molecule has 0 bridgehead atoms. The molecule has 6 heavy (non-hydrogen) atoms. The van der Waals surface area contributed by atoms with E-state index in [4.69, 9.17) is 5.41 Å². The van der Waals surface area contributed by atoms with Gasteiger partial charge in [-0.05, 0) is 15.9 Å². The molecule has 0 aliphatic heterocycles. The standard InChI is InChI=1S/C2H2BrF2N/c3-2(4,5)1-6/h1,6H. The molecule has 0 spiro atoms. The van der Waals surface area contributed by atoms with Crippen LogP contribution in [-0.2, 0) is 0 Å². The monoisotopic (exact) mass is 157 g/mol. The molecule has 1 N–H and O–H groups in total. The molecule has 1 nitrogen and oxygen atoms in total. The molecule has 0 atom stereocenters. The fourth-order valence-corrected chi connectivity index (χ4v) is 0. The Hall–Kier alpha value is 0.01000. The fourth-order valence-electron chi connectivity index (χ4n) is 0. The summed E-state index contributed by atoms with van der Waals surface area (Å²) in [5, 5.41) is 5.93. The molecule has 0 radical (unpaired) electrons. The molecule has 0 saturated carbocycles. The van der Waals surface area contributed by atoms with Crippen molar-refractivity contribution in [3.8, 4) is 0 Å². The second-order valence-electron chi connectivity index (χ2n) is 0.686. The average molecular weight is 158 g/mol. The summed E-state index contributed by atoms with van der Waals surface area (Å²) in [7, 11) is 0. The van der Waals surface area contributed by atoms with E-state index >= 15 is 0 Å². The summed E-state index contributed by atoms with van der Waals surface area (Å²) in [6, 6.07) is 0. The second-order valence-corrected chi connectivity index (χ2v) is 1.74. The summed E-state index contributed by atoms with van der Waals surface area (Å²) >= 11 is 1.90. The van der Waals surface area contributed by atoms with E-state index in [2.05, 4.69) is 0 Å². The maximum absolute atomic E-state index is 11.1. The zero-order chi connectivity index (χ0) is 5.21. The van der Waals surface area contributed by atoms with E-state index in [1.54, 1.807) is 0 Å². The van der Waals surface area contributed by atoms with Crippen LogP contribution in [0.5, 0.6) is 0 Å². The van der Waals surface area contributed by atoms with Crippen LogP contribution in [0.1, 0.15) is 0 Å². The topological polar surface area (TPSA) is 23.9 Å². The van der Waals surface area contributed by atoms with E-state index in [1.807, 2.05) is 15.9 Å².